The van der Waals surface area contributed by atoms with Crippen LogP contribution in [-0.4, -0.2) is 0 Å². The summed E-state index contributed by atoms with van der Waals surface area (Å²) in [6.07, 6.45) is 2.26. The van der Waals surface area contributed by atoms with Crippen molar-refractivity contribution in [2.24, 2.45) is 0 Å². The lowest BCUT2D eigenvalue weighted by Gasteiger charge is -2.08. The molecule has 0 saturated carbocycles. The van der Waals surface area contributed by atoms with E-state index in [1.54, 1.807) is 0 Å². The minimum absolute atomic E-state index is 0.0829. The SMILES string of the molecule is Fc1c(F)c(F)c2c(c1F)C=C=C=C=CC2. The molecule has 0 aliphatic heterocycles. The van der Waals surface area contributed by atoms with Gasteiger partial charge in [0.1, 0.15) is 0 Å². The number of benzene rings is 1. The van der Waals surface area contributed by atoms with E-state index in [9.17, 15) is 17.6 Å². The molecule has 0 atom stereocenters. The number of hydrogen-bond donors (Lipinski definition) is 0. The Morgan fingerprint density at radius 3 is 2.31 bits per heavy atom. The number of rotatable bonds is 0. The van der Waals surface area contributed by atoms with E-state index in [2.05, 4.69) is 17.2 Å². The number of allylic oxidation sites excluding steroid dienone is 1. The Labute approximate surface area is 88.5 Å². The van der Waals surface area contributed by atoms with Crippen molar-refractivity contribution in [1.82, 2.24) is 0 Å². The molecule has 0 fully saturated rings. The number of fused-ring (bicyclic) bond motifs is 1. The molecule has 1 aliphatic carbocycles. The quantitative estimate of drug-likeness (QED) is 0.274. The first-order valence-electron chi connectivity index (χ1n) is 4.38. The van der Waals surface area contributed by atoms with Gasteiger partial charge in [0, 0.05) is 17.5 Å². The number of halogens is 4. The first-order chi connectivity index (χ1) is 7.63. The van der Waals surface area contributed by atoms with Gasteiger partial charge >= 0.3 is 0 Å². The van der Waals surface area contributed by atoms with Crippen LogP contribution in [0.5, 0.6) is 0 Å². The van der Waals surface area contributed by atoms with E-state index in [0.717, 1.165) is 6.08 Å². The van der Waals surface area contributed by atoms with Crippen LogP contribution in [0.4, 0.5) is 17.6 Å². The van der Waals surface area contributed by atoms with Gasteiger partial charge in [-0.05, 0) is 17.9 Å². The van der Waals surface area contributed by atoms with Crippen molar-refractivity contribution in [1.29, 1.82) is 0 Å². The third-order valence-corrected chi connectivity index (χ3v) is 2.17. The highest BCUT2D eigenvalue weighted by Gasteiger charge is 2.23. The van der Waals surface area contributed by atoms with Crippen molar-refractivity contribution in [3.63, 3.8) is 0 Å². The fraction of sp³-hybridized carbons (Fsp3) is 0.0833. The van der Waals surface area contributed by atoms with Crippen LogP contribution in [0.3, 0.4) is 0 Å². The van der Waals surface area contributed by atoms with Crippen molar-refractivity contribution in [3.05, 3.63) is 57.7 Å². The first-order valence-corrected chi connectivity index (χ1v) is 4.38. The van der Waals surface area contributed by atoms with Crippen LogP contribution in [0.25, 0.3) is 6.08 Å². The molecule has 0 unspecified atom stereocenters. The molecule has 1 aliphatic rings. The summed E-state index contributed by atoms with van der Waals surface area (Å²) in [7, 11) is 0. The van der Waals surface area contributed by atoms with Gasteiger partial charge in [0.25, 0.3) is 0 Å². The van der Waals surface area contributed by atoms with Crippen molar-refractivity contribution < 1.29 is 17.6 Å². The van der Waals surface area contributed by atoms with E-state index in [1.165, 1.54) is 6.08 Å². The van der Waals surface area contributed by atoms with Gasteiger partial charge < -0.3 is 0 Å². The van der Waals surface area contributed by atoms with Crippen LogP contribution >= 0.6 is 0 Å². The van der Waals surface area contributed by atoms with Gasteiger partial charge in [0.15, 0.2) is 23.3 Å². The molecule has 2 rings (SSSR count). The molecule has 80 valence electrons. The lowest BCUT2D eigenvalue weighted by Crippen LogP contribution is -2.05. The Balaban J connectivity index is 2.87. The molecule has 1 aromatic carbocycles. The zero-order valence-electron chi connectivity index (χ0n) is 7.87. The Morgan fingerprint density at radius 1 is 0.875 bits per heavy atom. The van der Waals surface area contributed by atoms with Crippen LogP contribution in [0.15, 0.2) is 23.3 Å². The molecule has 0 N–H and O–H groups in total. The fourth-order valence-electron chi connectivity index (χ4n) is 1.40. The van der Waals surface area contributed by atoms with Crippen LogP contribution in [-0.2, 0) is 6.42 Å². The van der Waals surface area contributed by atoms with Gasteiger partial charge in [0.05, 0.1) is 0 Å². The summed E-state index contributed by atoms with van der Waals surface area (Å²) in [5.41, 5.74) is 6.63. The molecule has 4 heteroatoms. The van der Waals surface area contributed by atoms with Crippen LogP contribution < -0.4 is 0 Å². The highest BCUT2D eigenvalue weighted by molar-refractivity contribution is 5.56. The summed E-state index contributed by atoms with van der Waals surface area (Å²) >= 11 is 0. The summed E-state index contributed by atoms with van der Waals surface area (Å²) in [5, 5.41) is 0. The molecule has 0 heterocycles. The second kappa shape index (κ2) is 3.88. The molecule has 16 heavy (non-hydrogen) atoms. The lowest BCUT2D eigenvalue weighted by atomic mass is 10.0. The second-order valence-corrected chi connectivity index (χ2v) is 3.11. The van der Waals surface area contributed by atoms with E-state index in [-0.39, 0.29) is 17.5 Å². The minimum atomic E-state index is -1.82. The zero-order valence-corrected chi connectivity index (χ0v) is 7.87. The molecule has 1 aromatic rings. The predicted octanol–water partition coefficient (Wildman–Crippen LogP) is 3.28. The van der Waals surface area contributed by atoms with E-state index in [0.29, 0.717) is 0 Å². The Morgan fingerprint density at radius 2 is 1.56 bits per heavy atom. The smallest absolute Gasteiger partial charge is 0.198 e. The summed E-state index contributed by atoms with van der Waals surface area (Å²) in [4.78, 5) is 0. The minimum Gasteiger partial charge on any atom is -0.203 e. The van der Waals surface area contributed by atoms with E-state index in [4.69, 9.17) is 0 Å². The molecule has 0 nitrogen and oxygen atoms in total. The summed E-state index contributed by atoms with van der Waals surface area (Å²) in [6.45, 7) is 0. The topological polar surface area (TPSA) is 0 Å². The molecule has 0 aromatic heterocycles. The Bertz CT molecular complexity index is 594. The van der Waals surface area contributed by atoms with Crippen LogP contribution in [0, 0.1) is 23.3 Å². The van der Waals surface area contributed by atoms with Gasteiger partial charge in [0.2, 0.25) is 0 Å². The van der Waals surface area contributed by atoms with Crippen LogP contribution in [0.2, 0.25) is 0 Å². The van der Waals surface area contributed by atoms with Gasteiger partial charge in [-0.25, -0.2) is 17.6 Å². The monoisotopic (exact) mass is 224 g/mol. The van der Waals surface area contributed by atoms with E-state index in [1.807, 2.05) is 0 Å². The third kappa shape index (κ3) is 1.52. The maximum atomic E-state index is 13.3. The normalized spacial score (nSPS) is 12.5. The highest BCUT2D eigenvalue weighted by Crippen LogP contribution is 2.26. The molecule has 0 saturated heterocycles. The first kappa shape index (κ1) is 10.5. The van der Waals surface area contributed by atoms with E-state index >= 15 is 0 Å². The third-order valence-electron chi connectivity index (χ3n) is 2.17. The highest BCUT2D eigenvalue weighted by atomic mass is 19.2. The largest absolute Gasteiger partial charge is 0.203 e. The predicted molar refractivity (Wildman–Crippen MR) is 49.6 cm³/mol. The molecule has 0 bridgehead atoms. The molecule has 0 spiro atoms. The molecular formula is C12H4F4. The number of hydrogen-bond acceptors (Lipinski definition) is 0. The summed E-state index contributed by atoms with van der Waals surface area (Å²) in [6, 6.07) is 0. The maximum Gasteiger partial charge on any atom is 0.198 e. The zero-order chi connectivity index (χ0) is 11.7. The van der Waals surface area contributed by atoms with Crippen molar-refractivity contribution in [2.45, 2.75) is 6.42 Å². The van der Waals surface area contributed by atoms with Crippen molar-refractivity contribution in [3.8, 4) is 0 Å². The lowest BCUT2D eigenvalue weighted by molar-refractivity contribution is 0.404. The van der Waals surface area contributed by atoms with Gasteiger partial charge in [-0.1, -0.05) is 11.5 Å². The Hall–Kier alpha value is -1.98. The molecular weight excluding hydrogens is 220 g/mol. The van der Waals surface area contributed by atoms with Crippen LogP contribution in [0.1, 0.15) is 11.1 Å². The van der Waals surface area contributed by atoms with Gasteiger partial charge in [-0.15, -0.1) is 0 Å². The van der Waals surface area contributed by atoms with Gasteiger partial charge in [-0.2, -0.15) is 0 Å². The van der Waals surface area contributed by atoms with Crippen molar-refractivity contribution in [2.75, 3.05) is 0 Å². The average molecular weight is 224 g/mol. The fourth-order valence-corrected chi connectivity index (χ4v) is 1.40. The summed E-state index contributed by atoms with van der Waals surface area (Å²) < 4.78 is 52.5. The average Bonchev–Trinajstić information content (AvgIpc) is 2.24. The van der Waals surface area contributed by atoms with Crippen molar-refractivity contribution >= 4 is 6.08 Å². The molecule has 0 amide bonds. The molecule has 0 radical (unpaired) electrons. The second-order valence-electron chi connectivity index (χ2n) is 3.11. The Kier molecular flexibility index (Phi) is 2.55. The maximum absolute atomic E-state index is 13.3. The van der Waals surface area contributed by atoms with Gasteiger partial charge in [-0.3, -0.25) is 0 Å². The summed E-state index contributed by atoms with van der Waals surface area (Å²) in [5.74, 6) is -6.42. The van der Waals surface area contributed by atoms with E-state index < -0.39 is 23.3 Å². The standard InChI is InChI=1S/C12H4F4/c13-9-7-5-3-1-2-4-6-8(7)10(14)12(16)11(9)15/h3,6H,5H2.